The van der Waals surface area contributed by atoms with Gasteiger partial charge in [-0.15, -0.1) is 0 Å². The molecule has 2 N–H and O–H groups in total. The van der Waals surface area contributed by atoms with Gasteiger partial charge in [0.05, 0.1) is 0 Å². The number of benzene rings is 1. The molecule has 2 aliphatic rings. The van der Waals surface area contributed by atoms with Crippen LogP contribution >= 0.6 is 0 Å². The van der Waals surface area contributed by atoms with Crippen molar-refractivity contribution < 1.29 is 0 Å². The van der Waals surface area contributed by atoms with Crippen LogP contribution < -0.4 is 5.73 Å². The molecule has 1 aliphatic heterocycles. The third kappa shape index (κ3) is 2.64. The first-order valence-corrected chi connectivity index (χ1v) is 8.38. The quantitative estimate of drug-likeness (QED) is 0.909. The van der Waals surface area contributed by atoms with E-state index in [-0.39, 0.29) is 0 Å². The van der Waals surface area contributed by atoms with Crippen LogP contribution in [0.5, 0.6) is 0 Å². The van der Waals surface area contributed by atoms with E-state index in [1.807, 2.05) is 0 Å². The lowest BCUT2D eigenvalue weighted by Crippen LogP contribution is -2.40. The number of aryl methyl sites for hydroxylation is 1. The van der Waals surface area contributed by atoms with Gasteiger partial charge in [0, 0.05) is 18.6 Å². The van der Waals surface area contributed by atoms with Crippen molar-refractivity contribution in [1.82, 2.24) is 4.90 Å². The van der Waals surface area contributed by atoms with Crippen molar-refractivity contribution in [1.29, 1.82) is 0 Å². The van der Waals surface area contributed by atoms with E-state index in [9.17, 15) is 0 Å². The van der Waals surface area contributed by atoms with Gasteiger partial charge in [-0.3, -0.25) is 4.90 Å². The number of fused-ring (bicyclic) bond motifs is 1. The summed E-state index contributed by atoms with van der Waals surface area (Å²) in [5.41, 5.74) is 8.97. The van der Waals surface area contributed by atoms with E-state index < -0.39 is 0 Å². The van der Waals surface area contributed by atoms with Crippen LogP contribution in [0.1, 0.15) is 56.2 Å². The summed E-state index contributed by atoms with van der Waals surface area (Å²) in [6, 6.07) is 10.4. The van der Waals surface area contributed by atoms with E-state index in [1.165, 1.54) is 49.8 Å². The molecule has 2 nitrogen and oxygen atoms in total. The van der Waals surface area contributed by atoms with Gasteiger partial charge in [0.1, 0.15) is 0 Å². The first-order chi connectivity index (χ1) is 9.83. The summed E-state index contributed by atoms with van der Waals surface area (Å²) in [6.07, 6.45) is 8.16. The van der Waals surface area contributed by atoms with Crippen LogP contribution in [0.15, 0.2) is 24.3 Å². The van der Waals surface area contributed by atoms with Crippen molar-refractivity contribution in [2.75, 3.05) is 13.1 Å². The number of hydrogen-bond donors (Lipinski definition) is 1. The average molecular weight is 272 g/mol. The molecule has 0 radical (unpaired) electrons. The van der Waals surface area contributed by atoms with Crippen molar-refractivity contribution >= 4 is 0 Å². The lowest BCUT2D eigenvalue weighted by atomic mass is 9.84. The summed E-state index contributed by atoms with van der Waals surface area (Å²) in [4.78, 5) is 2.71. The minimum absolute atomic E-state index is 0.425. The largest absolute Gasteiger partial charge is 0.329 e. The first kappa shape index (κ1) is 14.1. The summed E-state index contributed by atoms with van der Waals surface area (Å²) >= 11 is 0. The molecule has 0 bridgehead atoms. The topological polar surface area (TPSA) is 29.3 Å². The smallest absolute Gasteiger partial charge is 0.0473 e. The fourth-order valence-electron chi connectivity index (χ4n) is 4.27. The van der Waals surface area contributed by atoms with Gasteiger partial charge in [-0.1, -0.05) is 44.0 Å². The molecular weight excluding hydrogens is 244 g/mol. The van der Waals surface area contributed by atoms with E-state index in [0.717, 1.165) is 24.9 Å². The summed E-state index contributed by atoms with van der Waals surface area (Å²) < 4.78 is 0. The molecule has 20 heavy (non-hydrogen) atoms. The molecule has 1 heterocycles. The second-order valence-corrected chi connectivity index (χ2v) is 6.49. The molecule has 0 aromatic heterocycles. The molecule has 2 heteroatoms. The highest BCUT2D eigenvalue weighted by molar-refractivity contribution is 5.26. The third-order valence-corrected chi connectivity index (χ3v) is 5.45. The van der Waals surface area contributed by atoms with Crippen molar-refractivity contribution in [3.05, 3.63) is 35.4 Å². The Hall–Kier alpha value is -0.860. The maximum Gasteiger partial charge on any atom is 0.0473 e. The zero-order valence-electron chi connectivity index (χ0n) is 12.7. The number of rotatable bonds is 4. The van der Waals surface area contributed by atoms with Crippen LogP contribution in [-0.2, 0) is 6.42 Å². The van der Waals surface area contributed by atoms with E-state index in [0.29, 0.717) is 6.04 Å². The normalized spacial score (nSPS) is 28.3. The van der Waals surface area contributed by atoms with Crippen molar-refractivity contribution in [2.24, 2.45) is 11.7 Å². The Morgan fingerprint density at radius 2 is 1.90 bits per heavy atom. The predicted molar refractivity (Wildman–Crippen MR) is 84.7 cm³/mol. The molecule has 1 saturated carbocycles. The standard InChI is InChI=1S/C18H28N2/c1-2-14-7-9-16(10-8-14)18(13-19)20-12-11-15-5-3-4-6-17(15)20/h7-10,15,17-18H,2-6,11-13,19H2,1H3. The Morgan fingerprint density at radius 1 is 1.15 bits per heavy atom. The Morgan fingerprint density at radius 3 is 2.60 bits per heavy atom. The van der Waals surface area contributed by atoms with Gasteiger partial charge in [0.2, 0.25) is 0 Å². The Labute approximate surface area is 123 Å². The van der Waals surface area contributed by atoms with Crippen LogP contribution in [0, 0.1) is 5.92 Å². The maximum atomic E-state index is 6.14. The van der Waals surface area contributed by atoms with Gasteiger partial charge in [-0.2, -0.15) is 0 Å². The van der Waals surface area contributed by atoms with Gasteiger partial charge in [-0.25, -0.2) is 0 Å². The third-order valence-electron chi connectivity index (χ3n) is 5.45. The van der Waals surface area contributed by atoms with Crippen LogP contribution in [0.2, 0.25) is 0 Å². The Kier molecular flexibility index (Phi) is 4.42. The first-order valence-electron chi connectivity index (χ1n) is 8.38. The fourth-order valence-corrected chi connectivity index (χ4v) is 4.27. The van der Waals surface area contributed by atoms with Crippen LogP contribution in [-0.4, -0.2) is 24.0 Å². The van der Waals surface area contributed by atoms with E-state index in [2.05, 4.69) is 36.1 Å². The molecule has 110 valence electrons. The second-order valence-electron chi connectivity index (χ2n) is 6.49. The molecule has 3 rings (SSSR count). The summed E-state index contributed by atoms with van der Waals surface area (Å²) in [5.74, 6) is 0.938. The van der Waals surface area contributed by atoms with Crippen molar-refractivity contribution in [3.8, 4) is 0 Å². The van der Waals surface area contributed by atoms with E-state index >= 15 is 0 Å². The van der Waals surface area contributed by atoms with Gasteiger partial charge < -0.3 is 5.73 Å². The lowest BCUT2D eigenvalue weighted by molar-refractivity contribution is 0.135. The van der Waals surface area contributed by atoms with Crippen molar-refractivity contribution in [2.45, 2.75) is 57.5 Å². The second kappa shape index (κ2) is 6.28. The Balaban J connectivity index is 1.78. The maximum absolute atomic E-state index is 6.14. The summed E-state index contributed by atoms with van der Waals surface area (Å²) in [5, 5.41) is 0. The zero-order valence-corrected chi connectivity index (χ0v) is 12.7. The number of nitrogens with zero attached hydrogens (tertiary/aromatic N) is 1. The molecule has 3 atom stereocenters. The highest BCUT2D eigenvalue weighted by atomic mass is 15.2. The molecule has 3 unspecified atom stereocenters. The Bertz CT molecular complexity index is 426. The minimum Gasteiger partial charge on any atom is -0.329 e. The minimum atomic E-state index is 0.425. The van der Waals surface area contributed by atoms with Gasteiger partial charge in [-0.05, 0) is 49.3 Å². The fraction of sp³-hybridized carbons (Fsp3) is 0.667. The molecule has 0 amide bonds. The van der Waals surface area contributed by atoms with Gasteiger partial charge in [0.25, 0.3) is 0 Å². The van der Waals surface area contributed by atoms with Crippen LogP contribution in [0.4, 0.5) is 0 Å². The highest BCUT2D eigenvalue weighted by Crippen LogP contribution is 2.40. The number of hydrogen-bond acceptors (Lipinski definition) is 2. The number of likely N-dealkylation sites (tertiary alicyclic amines) is 1. The summed E-state index contributed by atoms with van der Waals surface area (Å²) in [7, 11) is 0. The molecule has 1 saturated heterocycles. The molecule has 0 spiro atoms. The van der Waals surface area contributed by atoms with Gasteiger partial charge in [0.15, 0.2) is 0 Å². The number of nitrogens with two attached hydrogens (primary N) is 1. The van der Waals surface area contributed by atoms with Crippen LogP contribution in [0.3, 0.4) is 0 Å². The van der Waals surface area contributed by atoms with E-state index in [4.69, 9.17) is 5.73 Å². The predicted octanol–water partition coefficient (Wildman–Crippen LogP) is 3.51. The summed E-state index contributed by atoms with van der Waals surface area (Å²) in [6.45, 7) is 4.20. The molecule has 1 aromatic rings. The van der Waals surface area contributed by atoms with Crippen molar-refractivity contribution in [3.63, 3.8) is 0 Å². The monoisotopic (exact) mass is 272 g/mol. The molecule has 2 fully saturated rings. The molecule has 1 aromatic carbocycles. The highest BCUT2D eigenvalue weighted by Gasteiger charge is 2.38. The lowest BCUT2D eigenvalue weighted by Gasteiger charge is -2.37. The average Bonchev–Trinajstić information content (AvgIpc) is 2.93. The molecular formula is C18H28N2. The zero-order chi connectivity index (χ0) is 13.9. The SMILES string of the molecule is CCc1ccc(C(CN)N2CCC3CCCCC32)cc1. The van der Waals surface area contributed by atoms with E-state index in [1.54, 1.807) is 0 Å². The van der Waals surface area contributed by atoms with Gasteiger partial charge >= 0.3 is 0 Å². The van der Waals surface area contributed by atoms with Crippen LogP contribution in [0.25, 0.3) is 0 Å². The molecule has 1 aliphatic carbocycles.